The summed E-state index contributed by atoms with van der Waals surface area (Å²) in [5, 5.41) is 0. The fourth-order valence-corrected chi connectivity index (χ4v) is 3.50. The molecule has 0 radical (unpaired) electrons. The van der Waals surface area contributed by atoms with Crippen LogP contribution in [0.1, 0.15) is 87.0 Å². The summed E-state index contributed by atoms with van der Waals surface area (Å²) in [6, 6.07) is 0. The summed E-state index contributed by atoms with van der Waals surface area (Å²) in [4.78, 5) is 44.7. The molecule has 1 rings (SSSR count). The van der Waals surface area contributed by atoms with Crippen LogP contribution in [0.3, 0.4) is 0 Å². The van der Waals surface area contributed by atoms with Crippen LogP contribution in [0.5, 0.6) is 0 Å². The van der Waals surface area contributed by atoms with Gasteiger partial charge in [0.1, 0.15) is 6.10 Å². The van der Waals surface area contributed by atoms with E-state index in [2.05, 4.69) is 27.7 Å². The van der Waals surface area contributed by atoms with Gasteiger partial charge in [0.05, 0.1) is 5.92 Å². The lowest BCUT2D eigenvalue weighted by Crippen LogP contribution is -2.61. The van der Waals surface area contributed by atoms with Gasteiger partial charge in [-0.2, -0.15) is 0 Å². The highest BCUT2D eigenvalue weighted by Crippen LogP contribution is 2.38. The third kappa shape index (κ3) is 5.19. The predicted octanol–water partition coefficient (Wildman–Crippen LogP) is 4.76. The number of carbonyl (C=O) groups excluding carboxylic acids is 2. The van der Waals surface area contributed by atoms with Gasteiger partial charge in [-0.1, -0.05) is 61.3 Å². The van der Waals surface area contributed by atoms with Gasteiger partial charge >= 0.3 is 11.9 Å². The molecule has 4 unspecified atom stereocenters. The van der Waals surface area contributed by atoms with E-state index in [9.17, 15) is 9.59 Å². The molecule has 0 aromatic heterocycles. The number of carbonyl (C=O) groups is 2. The molecule has 0 aromatic rings. The van der Waals surface area contributed by atoms with Crippen molar-refractivity contribution in [3.63, 3.8) is 0 Å². The second-order valence-corrected chi connectivity index (χ2v) is 8.29. The normalized spacial score (nSPS) is 25.1. The summed E-state index contributed by atoms with van der Waals surface area (Å²) in [7, 11) is 0. The maximum atomic E-state index is 12.4. The van der Waals surface area contributed by atoms with E-state index in [-0.39, 0.29) is 17.4 Å². The molecular weight excluding hydrogens is 336 g/mol. The molecular formula is C20H36O6. The molecule has 0 aromatic carbocycles. The molecule has 152 valence electrons. The maximum Gasteiger partial charge on any atom is 0.393 e. The van der Waals surface area contributed by atoms with Crippen LogP contribution in [-0.4, -0.2) is 23.6 Å². The standard InChI is InChI=1S/C20H36O6/c1-8-12-16-20(11-4,26-23-16)18(22)25-24-17(21)14(9-2)13-15(10-3)19(5,6)7/h14-16H,8-13H2,1-7H3. The molecule has 0 N–H and O–H groups in total. The second kappa shape index (κ2) is 9.70. The third-order valence-corrected chi connectivity index (χ3v) is 5.57. The largest absolute Gasteiger partial charge is 0.393 e. The van der Waals surface area contributed by atoms with Crippen molar-refractivity contribution in [2.24, 2.45) is 17.3 Å². The predicted molar refractivity (Wildman–Crippen MR) is 97.7 cm³/mol. The van der Waals surface area contributed by atoms with Crippen molar-refractivity contribution in [2.45, 2.75) is 98.7 Å². The van der Waals surface area contributed by atoms with Gasteiger partial charge in [0, 0.05) is 0 Å². The lowest BCUT2D eigenvalue weighted by atomic mass is 9.74. The van der Waals surface area contributed by atoms with Crippen molar-refractivity contribution in [3.05, 3.63) is 0 Å². The van der Waals surface area contributed by atoms with Gasteiger partial charge in [-0.15, -0.1) is 0 Å². The summed E-state index contributed by atoms with van der Waals surface area (Å²) in [5.41, 5.74) is -1.06. The first-order valence-corrected chi connectivity index (χ1v) is 9.93. The van der Waals surface area contributed by atoms with E-state index in [1.165, 1.54) is 0 Å². The fraction of sp³-hybridized carbons (Fsp3) is 0.900. The molecule has 26 heavy (non-hydrogen) atoms. The average molecular weight is 373 g/mol. The summed E-state index contributed by atoms with van der Waals surface area (Å²) >= 11 is 0. The van der Waals surface area contributed by atoms with Crippen LogP contribution in [0.25, 0.3) is 0 Å². The first kappa shape index (κ1) is 22.9. The average Bonchev–Trinajstić information content (AvgIpc) is 2.57. The molecule has 4 atom stereocenters. The summed E-state index contributed by atoms with van der Waals surface area (Å²) < 4.78 is 0. The molecule has 1 aliphatic heterocycles. The van der Waals surface area contributed by atoms with Gasteiger partial charge in [0.15, 0.2) is 0 Å². The van der Waals surface area contributed by atoms with Crippen molar-refractivity contribution in [1.82, 2.24) is 0 Å². The van der Waals surface area contributed by atoms with Gasteiger partial charge in [-0.3, -0.25) is 0 Å². The summed E-state index contributed by atoms with van der Waals surface area (Å²) in [6.45, 7) is 14.4. The van der Waals surface area contributed by atoms with Gasteiger partial charge in [0.2, 0.25) is 5.60 Å². The highest BCUT2D eigenvalue weighted by Gasteiger charge is 2.58. The molecule has 0 amide bonds. The molecule has 1 heterocycles. The van der Waals surface area contributed by atoms with E-state index >= 15 is 0 Å². The van der Waals surface area contributed by atoms with Crippen molar-refractivity contribution < 1.29 is 29.1 Å². The lowest BCUT2D eigenvalue weighted by Gasteiger charge is -2.43. The molecule has 1 saturated heterocycles. The molecule has 6 nitrogen and oxygen atoms in total. The van der Waals surface area contributed by atoms with Crippen LogP contribution in [-0.2, 0) is 29.1 Å². The Morgan fingerprint density at radius 1 is 1.08 bits per heavy atom. The molecule has 0 bridgehead atoms. The Kier molecular flexibility index (Phi) is 8.54. The Hall–Kier alpha value is -1.14. The second-order valence-electron chi connectivity index (χ2n) is 8.29. The van der Waals surface area contributed by atoms with E-state index in [0.29, 0.717) is 31.6 Å². The zero-order chi connectivity index (χ0) is 20.0. The van der Waals surface area contributed by atoms with Crippen LogP contribution < -0.4 is 0 Å². The Balaban J connectivity index is 2.64. The Labute approximate surface area is 157 Å². The molecule has 1 aliphatic rings. The number of hydrogen-bond acceptors (Lipinski definition) is 6. The Morgan fingerprint density at radius 3 is 2.12 bits per heavy atom. The molecule has 0 saturated carbocycles. The summed E-state index contributed by atoms with van der Waals surface area (Å²) in [6.07, 6.45) is 3.90. The van der Waals surface area contributed by atoms with E-state index in [4.69, 9.17) is 19.6 Å². The topological polar surface area (TPSA) is 71.1 Å². The molecule has 0 spiro atoms. The van der Waals surface area contributed by atoms with Gasteiger partial charge < -0.3 is 0 Å². The van der Waals surface area contributed by atoms with Crippen molar-refractivity contribution in [3.8, 4) is 0 Å². The van der Waals surface area contributed by atoms with E-state index in [0.717, 1.165) is 12.8 Å². The fourth-order valence-electron chi connectivity index (χ4n) is 3.50. The van der Waals surface area contributed by atoms with Gasteiger partial charge in [0.25, 0.3) is 0 Å². The Bertz CT molecular complexity index is 465. The van der Waals surface area contributed by atoms with Crippen LogP contribution in [0.4, 0.5) is 0 Å². The van der Waals surface area contributed by atoms with Crippen molar-refractivity contribution in [2.75, 3.05) is 0 Å². The zero-order valence-corrected chi connectivity index (χ0v) is 17.4. The first-order valence-electron chi connectivity index (χ1n) is 9.93. The highest BCUT2D eigenvalue weighted by molar-refractivity contribution is 5.82. The SMILES string of the molecule is CCCC1OOC1(CC)C(=O)OOC(=O)C(CC)CC(CC)C(C)(C)C. The van der Waals surface area contributed by atoms with E-state index in [1.807, 2.05) is 20.8 Å². The number of rotatable bonds is 9. The maximum absolute atomic E-state index is 12.4. The van der Waals surface area contributed by atoms with Crippen LogP contribution in [0.15, 0.2) is 0 Å². The minimum atomic E-state index is -1.17. The van der Waals surface area contributed by atoms with Crippen molar-refractivity contribution >= 4 is 11.9 Å². The summed E-state index contributed by atoms with van der Waals surface area (Å²) in [5.74, 6) is -1.11. The Morgan fingerprint density at radius 2 is 1.73 bits per heavy atom. The quantitative estimate of drug-likeness (QED) is 0.429. The van der Waals surface area contributed by atoms with Gasteiger partial charge in [-0.05, 0) is 37.0 Å². The van der Waals surface area contributed by atoms with Crippen molar-refractivity contribution in [1.29, 1.82) is 0 Å². The minimum absolute atomic E-state index is 0.107. The monoisotopic (exact) mass is 372 g/mol. The van der Waals surface area contributed by atoms with Crippen LogP contribution in [0.2, 0.25) is 0 Å². The smallest absolute Gasteiger partial charge is 0.247 e. The first-order chi connectivity index (χ1) is 12.2. The lowest BCUT2D eigenvalue weighted by molar-refractivity contribution is -0.502. The highest BCUT2D eigenvalue weighted by atomic mass is 17.3. The van der Waals surface area contributed by atoms with Crippen LogP contribution >= 0.6 is 0 Å². The molecule has 0 aliphatic carbocycles. The zero-order valence-electron chi connectivity index (χ0n) is 17.4. The van der Waals surface area contributed by atoms with E-state index < -0.39 is 17.5 Å². The van der Waals surface area contributed by atoms with Crippen LogP contribution in [0, 0.1) is 17.3 Å². The van der Waals surface area contributed by atoms with E-state index in [1.54, 1.807) is 0 Å². The molecule has 1 fully saturated rings. The number of hydrogen-bond donors (Lipinski definition) is 0. The molecule has 6 heteroatoms. The van der Waals surface area contributed by atoms with Gasteiger partial charge in [-0.25, -0.2) is 29.1 Å². The minimum Gasteiger partial charge on any atom is -0.247 e. The third-order valence-electron chi connectivity index (χ3n) is 5.57.